The summed E-state index contributed by atoms with van der Waals surface area (Å²) in [4.78, 5) is 4.43. The van der Waals surface area contributed by atoms with Crippen molar-refractivity contribution in [2.75, 3.05) is 26.0 Å². The molecule has 0 unspecified atom stereocenters. The van der Waals surface area contributed by atoms with Crippen molar-refractivity contribution in [1.82, 2.24) is 4.90 Å². The fourth-order valence-corrected chi connectivity index (χ4v) is 5.86. The molecule has 1 saturated heterocycles. The molecule has 0 radical (unpaired) electrons. The van der Waals surface area contributed by atoms with E-state index in [-0.39, 0.29) is 11.4 Å². The molecular formula is C19H21ClFNOS2. The number of hydrogen-bond acceptors (Lipinski definition) is 4. The van der Waals surface area contributed by atoms with Gasteiger partial charge < -0.3 is 4.74 Å². The third-order valence-corrected chi connectivity index (χ3v) is 7.49. The third kappa shape index (κ3) is 3.50. The first-order chi connectivity index (χ1) is 12.1. The standard InChI is InChI=1S/C19H21ClFNOS2/c1-24-16-3-2-13(10-15(16)21)12-22-7-5-19(6-8-22)18-14(4-9-23-19)11-17(20)25-18/h2-3,10-11H,4-9,12H2,1H3. The number of ether oxygens (including phenoxy) is 1. The molecule has 0 N–H and O–H groups in total. The SMILES string of the molecule is CSc1ccc(CN2CCC3(CC2)OCCc2cc(Cl)sc23)cc1F. The Labute approximate surface area is 161 Å². The first kappa shape index (κ1) is 17.8. The summed E-state index contributed by atoms with van der Waals surface area (Å²) in [5, 5.41) is 0. The number of hydrogen-bond donors (Lipinski definition) is 0. The van der Waals surface area contributed by atoms with E-state index in [2.05, 4.69) is 11.0 Å². The molecular weight excluding hydrogens is 377 g/mol. The van der Waals surface area contributed by atoms with Gasteiger partial charge in [-0.05, 0) is 54.8 Å². The van der Waals surface area contributed by atoms with Crippen LogP contribution in [0, 0.1) is 5.82 Å². The van der Waals surface area contributed by atoms with Gasteiger partial charge in [-0.2, -0.15) is 0 Å². The van der Waals surface area contributed by atoms with Crippen molar-refractivity contribution in [1.29, 1.82) is 0 Å². The summed E-state index contributed by atoms with van der Waals surface area (Å²) in [5.41, 5.74) is 2.25. The molecule has 0 aliphatic carbocycles. The first-order valence-corrected chi connectivity index (χ1v) is 11.0. The Morgan fingerprint density at radius 2 is 2.12 bits per heavy atom. The molecule has 25 heavy (non-hydrogen) atoms. The number of fused-ring (bicyclic) bond motifs is 2. The average molecular weight is 398 g/mol. The summed E-state index contributed by atoms with van der Waals surface area (Å²) in [6.07, 6.45) is 4.81. The van der Waals surface area contributed by atoms with E-state index in [1.54, 1.807) is 17.4 Å². The highest BCUT2D eigenvalue weighted by Gasteiger charge is 2.42. The largest absolute Gasteiger partial charge is 0.369 e. The van der Waals surface area contributed by atoms with E-state index in [0.29, 0.717) is 4.90 Å². The zero-order valence-corrected chi connectivity index (χ0v) is 16.6. The van der Waals surface area contributed by atoms with Gasteiger partial charge in [0, 0.05) is 29.4 Å². The molecule has 1 aromatic carbocycles. The Kier molecular flexibility index (Phi) is 5.13. The van der Waals surface area contributed by atoms with Crippen LogP contribution in [0.2, 0.25) is 4.34 Å². The van der Waals surface area contributed by atoms with Crippen LogP contribution in [0.15, 0.2) is 29.2 Å². The summed E-state index contributed by atoms with van der Waals surface area (Å²) in [6, 6.07) is 7.69. The van der Waals surface area contributed by atoms with E-state index in [1.165, 1.54) is 22.2 Å². The van der Waals surface area contributed by atoms with Crippen LogP contribution in [-0.2, 0) is 23.3 Å². The van der Waals surface area contributed by atoms with Gasteiger partial charge in [-0.15, -0.1) is 23.1 Å². The van der Waals surface area contributed by atoms with Crippen LogP contribution in [0.25, 0.3) is 0 Å². The molecule has 1 spiro atoms. The second kappa shape index (κ2) is 7.20. The number of rotatable bonds is 3. The topological polar surface area (TPSA) is 12.5 Å². The van der Waals surface area contributed by atoms with Crippen molar-refractivity contribution >= 4 is 34.7 Å². The quantitative estimate of drug-likeness (QED) is 0.650. The number of likely N-dealkylation sites (tertiary alicyclic amines) is 1. The van der Waals surface area contributed by atoms with Crippen LogP contribution in [0.5, 0.6) is 0 Å². The van der Waals surface area contributed by atoms with Crippen molar-refractivity contribution in [2.24, 2.45) is 0 Å². The van der Waals surface area contributed by atoms with Crippen LogP contribution in [0.4, 0.5) is 4.39 Å². The van der Waals surface area contributed by atoms with Crippen LogP contribution in [-0.4, -0.2) is 30.9 Å². The van der Waals surface area contributed by atoms with E-state index in [1.807, 2.05) is 18.4 Å². The molecule has 2 aromatic rings. The van der Waals surface area contributed by atoms with Gasteiger partial charge in [-0.1, -0.05) is 17.7 Å². The summed E-state index contributed by atoms with van der Waals surface area (Å²) in [7, 11) is 0. The van der Waals surface area contributed by atoms with Crippen LogP contribution in [0.1, 0.15) is 28.8 Å². The Morgan fingerprint density at radius 3 is 2.84 bits per heavy atom. The Bertz CT molecular complexity index is 771. The van der Waals surface area contributed by atoms with Crippen molar-refractivity contribution in [3.8, 4) is 0 Å². The van der Waals surface area contributed by atoms with E-state index >= 15 is 0 Å². The Hall–Kier alpha value is -0.590. The fraction of sp³-hybridized carbons (Fsp3) is 0.474. The normalized spacial score (nSPS) is 20.0. The first-order valence-electron chi connectivity index (χ1n) is 8.57. The maximum absolute atomic E-state index is 14.0. The maximum atomic E-state index is 14.0. The molecule has 0 bridgehead atoms. The molecule has 0 atom stereocenters. The molecule has 4 rings (SSSR count). The molecule has 6 heteroatoms. The number of halogens is 2. The number of benzene rings is 1. The molecule has 3 heterocycles. The zero-order chi connectivity index (χ0) is 17.4. The van der Waals surface area contributed by atoms with E-state index in [9.17, 15) is 4.39 Å². The molecule has 0 amide bonds. The molecule has 0 saturated carbocycles. The minimum absolute atomic E-state index is 0.119. The lowest BCUT2D eigenvalue weighted by atomic mass is 9.85. The highest BCUT2D eigenvalue weighted by atomic mass is 35.5. The van der Waals surface area contributed by atoms with Crippen LogP contribution >= 0.6 is 34.7 Å². The molecule has 134 valence electrons. The van der Waals surface area contributed by atoms with Gasteiger partial charge in [-0.3, -0.25) is 4.90 Å². The van der Waals surface area contributed by atoms with Gasteiger partial charge in [0.15, 0.2) is 0 Å². The van der Waals surface area contributed by atoms with Crippen molar-refractivity contribution in [2.45, 2.75) is 36.3 Å². The molecule has 2 nitrogen and oxygen atoms in total. The predicted octanol–water partition coefficient (Wildman–Crippen LogP) is 5.33. The number of thiophene rings is 1. The average Bonchev–Trinajstić information content (AvgIpc) is 2.99. The van der Waals surface area contributed by atoms with Gasteiger partial charge >= 0.3 is 0 Å². The van der Waals surface area contributed by atoms with E-state index in [0.717, 1.165) is 55.4 Å². The summed E-state index contributed by atoms with van der Waals surface area (Å²) in [6.45, 7) is 3.49. The van der Waals surface area contributed by atoms with Gasteiger partial charge in [0.05, 0.1) is 10.9 Å². The minimum Gasteiger partial charge on any atom is -0.369 e. The van der Waals surface area contributed by atoms with Crippen LogP contribution in [0.3, 0.4) is 0 Å². The zero-order valence-electron chi connectivity index (χ0n) is 14.2. The summed E-state index contributed by atoms with van der Waals surface area (Å²) < 4.78 is 21.1. The second-order valence-corrected chi connectivity index (χ2v) is 9.27. The Balaban J connectivity index is 1.45. The lowest BCUT2D eigenvalue weighted by Crippen LogP contribution is -2.45. The molecule has 1 aromatic heterocycles. The maximum Gasteiger partial charge on any atom is 0.137 e. The van der Waals surface area contributed by atoms with Gasteiger partial charge in [-0.25, -0.2) is 4.39 Å². The summed E-state index contributed by atoms with van der Waals surface area (Å²) in [5.74, 6) is -0.119. The number of nitrogens with zero attached hydrogens (tertiary/aromatic N) is 1. The second-order valence-electron chi connectivity index (χ2n) is 6.74. The van der Waals surface area contributed by atoms with Crippen molar-refractivity contribution < 1.29 is 9.13 Å². The monoisotopic (exact) mass is 397 g/mol. The minimum atomic E-state index is -0.157. The van der Waals surface area contributed by atoms with Gasteiger partial charge in [0.25, 0.3) is 0 Å². The fourth-order valence-electron chi connectivity index (χ4n) is 3.90. The van der Waals surface area contributed by atoms with Crippen molar-refractivity contribution in [3.05, 3.63) is 50.4 Å². The highest BCUT2D eigenvalue weighted by Crippen LogP contribution is 2.46. The van der Waals surface area contributed by atoms with Crippen molar-refractivity contribution in [3.63, 3.8) is 0 Å². The smallest absolute Gasteiger partial charge is 0.137 e. The van der Waals surface area contributed by atoms with Gasteiger partial charge in [0.2, 0.25) is 0 Å². The highest BCUT2D eigenvalue weighted by molar-refractivity contribution is 7.98. The lowest BCUT2D eigenvalue weighted by molar-refractivity contribution is -0.0960. The number of thioether (sulfide) groups is 1. The van der Waals surface area contributed by atoms with Crippen LogP contribution < -0.4 is 0 Å². The predicted molar refractivity (Wildman–Crippen MR) is 103 cm³/mol. The third-order valence-electron chi connectivity index (χ3n) is 5.23. The summed E-state index contributed by atoms with van der Waals surface area (Å²) >= 11 is 9.37. The molecule has 1 fully saturated rings. The van der Waals surface area contributed by atoms with Gasteiger partial charge in [0.1, 0.15) is 11.4 Å². The molecule has 2 aliphatic rings. The Morgan fingerprint density at radius 1 is 1.32 bits per heavy atom. The number of piperidine rings is 1. The lowest BCUT2D eigenvalue weighted by Gasteiger charge is -2.43. The molecule has 2 aliphatic heterocycles. The van der Waals surface area contributed by atoms with E-state index in [4.69, 9.17) is 16.3 Å². The van der Waals surface area contributed by atoms with E-state index < -0.39 is 0 Å².